The first kappa shape index (κ1) is 79.5. The highest BCUT2D eigenvalue weighted by molar-refractivity contribution is 8.00. The van der Waals surface area contributed by atoms with Gasteiger partial charge in [-0.1, -0.05) is 75.7 Å². The number of rotatable bonds is 11. The summed E-state index contributed by atoms with van der Waals surface area (Å²) in [5.74, 6) is 4.23. The van der Waals surface area contributed by atoms with Gasteiger partial charge in [-0.3, -0.25) is 38.5 Å². The monoisotopic (exact) mass is 971 g/mol. The number of imide groups is 1. The van der Waals surface area contributed by atoms with Crippen molar-refractivity contribution in [2.24, 2.45) is 51.6 Å². The minimum absolute atomic E-state index is 0.00523. The Morgan fingerprint density at radius 2 is 0.968 bits per heavy atom. The van der Waals surface area contributed by atoms with E-state index in [-0.39, 0.29) is 46.6 Å². The van der Waals surface area contributed by atoms with E-state index in [0.29, 0.717) is 18.7 Å². The molecule has 18 N–H and O–H groups in total. The Hall–Kier alpha value is -3.83. The molecule has 0 bridgehead atoms. The summed E-state index contributed by atoms with van der Waals surface area (Å²) in [7, 11) is 6.00. The maximum absolute atomic E-state index is 11.4. The number of hydrogen-bond donors (Lipinski definition) is 9. The van der Waals surface area contributed by atoms with Crippen molar-refractivity contribution in [2.75, 3.05) is 63.5 Å². The molecule has 0 aliphatic carbocycles. The number of carbonyl (C=O) groups is 7. The maximum Gasteiger partial charge on any atom is 0.242 e. The molecule has 1 saturated heterocycles. The van der Waals surface area contributed by atoms with Gasteiger partial charge >= 0.3 is 0 Å². The molecule has 0 aromatic heterocycles. The van der Waals surface area contributed by atoms with Crippen molar-refractivity contribution in [3.8, 4) is 0 Å². The van der Waals surface area contributed by atoms with Gasteiger partial charge < -0.3 is 51.6 Å². The number of nitrogens with zero attached hydrogens (tertiary/aromatic N) is 1. The van der Waals surface area contributed by atoms with Gasteiger partial charge in [-0.25, -0.2) is 0 Å². The van der Waals surface area contributed by atoms with Crippen molar-refractivity contribution < 1.29 is 33.6 Å². The summed E-state index contributed by atoms with van der Waals surface area (Å²) in [6.45, 7) is 18.0. The third kappa shape index (κ3) is 86.1. The number of thioether (sulfide) groups is 4. The fraction of sp³-hybridized carbons (Fsp3) is 0.548. The van der Waals surface area contributed by atoms with Crippen LogP contribution in [-0.2, 0) is 39.3 Å². The Balaban J connectivity index is -0.0000000763. The van der Waals surface area contributed by atoms with E-state index < -0.39 is 0 Å². The number of hydrogen-bond acceptors (Lipinski definition) is 15. The molecule has 1 unspecified atom stereocenters. The highest BCUT2D eigenvalue weighted by Gasteiger charge is 2.37. The second kappa shape index (κ2) is 67.3. The van der Waals surface area contributed by atoms with E-state index in [4.69, 9.17) is 5.73 Å². The fourth-order valence-corrected chi connectivity index (χ4v) is 5.75. The van der Waals surface area contributed by atoms with Crippen LogP contribution in [0.3, 0.4) is 0 Å². The van der Waals surface area contributed by atoms with Crippen LogP contribution in [0.4, 0.5) is 0 Å². The average molecular weight is 971 g/mol. The van der Waals surface area contributed by atoms with Gasteiger partial charge in [0.1, 0.15) is 0 Å². The van der Waals surface area contributed by atoms with E-state index >= 15 is 0 Å². The highest BCUT2D eigenvalue weighted by Crippen LogP contribution is 2.24. The molecule has 1 aliphatic rings. The van der Waals surface area contributed by atoms with Crippen molar-refractivity contribution >= 4 is 88.4 Å². The van der Waals surface area contributed by atoms with Crippen LogP contribution in [0.15, 0.2) is 59.5 Å². The molecule has 1 atom stereocenters. The van der Waals surface area contributed by atoms with Crippen molar-refractivity contribution in [3.05, 3.63) is 65.7 Å². The Morgan fingerprint density at radius 1 is 0.587 bits per heavy atom. The molecule has 63 heavy (non-hydrogen) atoms. The van der Waals surface area contributed by atoms with Crippen LogP contribution in [0.25, 0.3) is 0 Å². The van der Waals surface area contributed by atoms with Crippen molar-refractivity contribution in [3.63, 3.8) is 0 Å². The molecular formula is C42H86N10O7S4. The third-order valence-corrected chi connectivity index (χ3v) is 8.82. The number of aryl methyl sites for hydroxylation is 1. The molecule has 3 rings (SSSR count). The van der Waals surface area contributed by atoms with Gasteiger partial charge in [0.05, 0.1) is 11.0 Å². The Bertz CT molecular complexity index is 1270. The van der Waals surface area contributed by atoms with Crippen LogP contribution in [0.1, 0.15) is 79.9 Å². The van der Waals surface area contributed by atoms with Gasteiger partial charge in [0.2, 0.25) is 41.4 Å². The van der Waals surface area contributed by atoms with Gasteiger partial charge in [-0.2, -0.15) is 23.5 Å². The van der Waals surface area contributed by atoms with Gasteiger partial charge in [-0.05, 0) is 82.7 Å². The zero-order valence-corrected chi connectivity index (χ0v) is 43.8. The molecule has 17 nitrogen and oxygen atoms in total. The Kier molecular flexibility index (Phi) is 84.9. The van der Waals surface area contributed by atoms with Crippen LogP contribution in [0, 0.1) is 6.92 Å². The van der Waals surface area contributed by atoms with Crippen LogP contribution in [0.5, 0.6) is 0 Å². The van der Waals surface area contributed by atoms with Crippen LogP contribution < -0.4 is 51.6 Å². The Labute approximate surface area is 397 Å². The maximum atomic E-state index is 11.4. The summed E-state index contributed by atoms with van der Waals surface area (Å²) < 4.78 is 0. The Morgan fingerprint density at radius 3 is 1.24 bits per heavy atom. The van der Waals surface area contributed by atoms with Crippen molar-refractivity contribution in [1.82, 2.24) is 4.90 Å². The largest absolute Gasteiger partial charge is 0.370 e. The summed E-state index contributed by atoms with van der Waals surface area (Å²) in [6, 6.07) is 19.2. The number of likely N-dealkylation sites (tertiary alicyclic amines) is 1. The predicted molar refractivity (Wildman–Crippen MR) is 277 cm³/mol. The third-order valence-electron chi connectivity index (χ3n) is 4.98. The minimum Gasteiger partial charge on any atom is -0.370 e. The molecule has 1 heterocycles. The second-order valence-electron chi connectivity index (χ2n) is 10.5. The lowest BCUT2D eigenvalue weighted by molar-refractivity contribution is -0.138. The van der Waals surface area contributed by atoms with E-state index in [2.05, 4.69) is 121 Å². The zero-order chi connectivity index (χ0) is 51.8. The summed E-state index contributed by atoms with van der Waals surface area (Å²) in [5, 5.41) is -0.109. The summed E-state index contributed by atoms with van der Waals surface area (Å²) in [5.41, 5.74) is 43.5. The average Bonchev–Trinajstić information content (AvgIpc) is 3.51. The lowest BCUT2D eigenvalue weighted by atomic mass is 10.2. The highest BCUT2D eigenvalue weighted by atomic mass is 32.2. The molecule has 1 fully saturated rings. The lowest BCUT2D eigenvalue weighted by Crippen LogP contribution is -2.30. The van der Waals surface area contributed by atoms with Crippen LogP contribution in [-0.4, -0.2) is 115 Å². The summed E-state index contributed by atoms with van der Waals surface area (Å²) in [6.07, 6.45) is 0.394. The summed E-state index contributed by atoms with van der Waals surface area (Å²) in [4.78, 5) is 72.2. The first-order valence-corrected chi connectivity index (χ1v) is 24.0. The molecule has 21 heteroatoms. The van der Waals surface area contributed by atoms with E-state index in [0.717, 1.165) is 23.0 Å². The van der Waals surface area contributed by atoms with Gasteiger partial charge in [0.15, 0.2) is 0 Å². The second-order valence-corrected chi connectivity index (χ2v) is 15.9. The van der Waals surface area contributed by atoms with Crippen LogP contribution in [0.2, 0.25) is 0 Å². The molecular weight excluding hydrogens is 885 g/mol. The van der Waals surface area contributed by atoms with Gasteiger partial charge in [-0.15, -0.1) is 23.5 Å². The van der Waals surface area contributed by atoms with Crippen molar-refractivity contribution in [1.29, 1.82) is 0 Å². The minimum atomic E-state index is -0.333. The lowest BCUT2D eigenvalue weighted by Gasteiger charge is -2.10. The molecule has 2 aromatic carbocycles. The van der Waals surface area contributed by atoms with Crippen molar-refractivity contribution in [2.45, 2.75) is 91.6 Å². The van der Waals surface area contributed by atoms with E-state index in [1.54, 1.807) is 23.5 Å². The fourth-order valence-electron chi connectivity index (χ4n) is 3.11. The molecule has 370 valence electrons. The predicted octanol–water partition coefficient (Wildman–Crippen LogP) is 3.42. The quantitative estimate of drug-likeness (QED) is 0.115. The van der Waals surface area contributed by atoms with E-state index in [1.807, 2.05) is 44.3 Å². The molecule has 0 saturated carbocycles. The normalized spacial score (nSPS) is 10.6. The molecule has 1 aliphatic heterocycles. The summed E-state index contributed by atoms with van der Waals surface area (Å²) >= 11 is 6.94. The number of carbonyl (C=O) groups excluding carboxylic acids is 7. The number of primary amides is 5. The zero-order valence-electron chi connectivity index (χ0n) is 40.6. The topological polar surface area (TPSA) is 357 Å². The smallest absolute Gasteiger partial charge is 0.242 e. The first-order valence-electron chi connectivity index (χ1n) is 19.6. The van der Waals surface area contributed by atoms with Crippen LogP contribution >= 0.6 is 47.0 Å². The molecule has 7 amide bonds. The number of benzene rings is 2. The first-order chi connectivity index (χ1) is 29.7. The number of nitrogens with two attached hydrogens (primary N) is 9. The molecule has 0 spiro atoms. The van der Waals surface area contributed by atoms with E-state index in [1.165, 1.54) is 82.6 Å². The SMILES string of the molecule is CC(N)=O.CC(N)=O.CC(N)=O.CC(N)=O.CCSC1CC(=O)N(CC)C1=O.CCSCC(N)=O.CCSCc1ccccc1.CCSc1ccc(C)cc1.CN.CN.CN.CN. The molecule has 0 radical (unpaired) electrons. The molecule has 2 aromatic rings. The standard InChI is InChI=1S/2C9H12S.C8H13NO2S.C4H9NOS.4C2H5NO.4CH5N/c1-3-10-9-6-4-8(2)5-7-9;1-2-10-8-9-6-4-3-5-7-9;1-3-9-7(10)5-6(8(9)11)12-4-2;1-2-7-3-4(5)6;4*1-2(3)4;4*1-2/h4-7H,3H2,1-2H3;3-7H,2,8H2,1H3;6H,3-5H2,1-2H3;2-3H2,1H3,(H2,5,6);4*1H3,(H2,3,4);4*2H2,1H3. The number of amides is 7. The van der Waals surface area contributed by atoms with Gasteiger partial charge in [0.25, 0.3) is 0 Å². The van der Waals surface area contributed by atoms with E-state index in [9.17, 15) is 33.6 Å². The van der Waals surface area contributed by atoms with Gasteiger partial charge in [0, 0.05) is 51.3 Å².